The maximum absolute atomic E-state index is 11.7. The number of rotatable bonds is 6. The molecule has 1 heterocycles. The van der Waals surface area contributed by atoms with Crippen LogP contribution in [0.2, 0.25) is 0 Å². The molecule has 0 saturated carbocycles. The van der Waals surface area contributed by atoms with Crippen LogP contribution in [0.1, 0.15) is 25.8 Å². The van der Waals surface area contributed by atoms with Gasteiger partial charge in [-0.1, -0.05) is 6.92 Å². The standard InChI is InChI=1S/C10H19N3O2S/c1-3-10(11)8-16(14,15)7-9-5-12-13(4-2)6-9/h5-6,10H,3-4,7-8,11H2,1-2H3. The number of nitrogens with zero attached hydrogens (tertiary/aromatic N) is 2. The van der Waals surface area contributed by atoms with Crippen LogP contribution >= 0.6 is 0 Å². The van der Waals surface area contributed by atoms with Crippen LogP contribution in [-0.4, -0.2) is 30.0 Å². The van der Waals surface area contributed by atoms with E-state index in [1.54, 1.807) is 17.1 Å². The fourth-order valence-corrected chi connectivity index (χ4v) is 3.07. The Morgan fingerprint density at radius 2 is 2.19 bits per heavy atom. The van der Waals surface area contributed by atoms with Gasteiger partial charge in [-0.3, -0.25) is 4.68 Å². The van der Waals surface area contributed by atoms with E-state index in [1.165, 1.54) is 0 Å². The summed E-state index contributed by atoms with van der Waals surface area (Å²) in [6, 6.07) is -0.272. The summed E-state index contributed by atoms with van der Waals surface area (Å²) in [5.74, 6) is 0.0709. The Labute approximate surface area is 96.6 Å². The molecule has 0 aliphatic rings. The van der Waals surface area contributed by atoms with Crippen LogP contribution in [-0.2, 0) is 22.1 Å². The first-order valence-electron chi connectivity index (χ1n) is 5.44. The zero-order valence-corrected chi connectivity index (χ0v) is 10.6. The van der Waals surface area contributed by atoms with Crippen LogP contribution in [0, 0.1) is 0 Å². The van der Waals surface area contributed by atoms with Gasteiger partial charge in [-0.05, 0) is 13.3 Å². The molecular weight excluding hydrogens is 226 g/mol. The van der Waals surface area contributed by atoms with E-state index < -0.39 is 9.84 Å². The van der Waals surface area contributed by atoms with E-state index in [0.717, 1.165) is 12.1 Å². The third kappa shape index (κ3) is 3.94. The molecule has 1 unspecified atom stereocenters. The molecule has 16 heavy (non-hydrogen) atoms. The van der Waals surface area contributed by atoms with Gasteiger partial charge < -0.3 is 5.73 Å². The maximum Gasteiger partial charge on any atom is 0.156 e. The van der Waals surface area contributed by atoms with Gasteiger partial charge in [0.2, 0.25) is 0 Å². The third-order valence-corrected chi connectivity index (χ3v) is 4.10. The van der Waals surface area contributed by atoms with E-state index in [0.29, 0.717) is 6.42 Å². The van der Waals surface area contributed by atoms with Crippen LogP contribution in [0.4, 0.5) is 0 Å². The van der Waals surface area contributed by atoms with Crippen molar-refractivity contribution < 1.29 is 8.42 Å². The second-order valence-electron chi connectivity index (χ2n) is 3.93. The van der Waals surface area contributed by atoms with Gasteiger partial charge in [-0.2, -0.15) is 5.10 Å². The Morgan fingerprint density at radius 1 is 1.50 bits per heavy atom. The van der Waals surface area contributed by atoms with Gasteiger partial charge in [-0.25, -0.2) is 8.42 Å². The van der Waals surface area contributed by atoms with E-state index in [2.05, 4.69) is 5.10 Å². The molecule has 0 radical (unpaired) electrons. The van der Waals surface area contributed by atoms with Crippen molar-refractivity contribution in [2.24, 2.45) is 5.73 Å². The van der Waals surface area contributed by atoms with Crippen LogP contribution in [0.3, 0.4) is 0 Å². The average molecular weight is 245 g/mol. The number of nitrogens with two attached hydrogens (primary N) is 1. The summed E-state index contributed by atoms with van der Waals surface area (Å²) in [6.07, 6.45) is 4.03. The van der Waals surface area contributed by atoms with Crippen LogP contribution in [0.5, 0.6) is 0 Å². The first kappa shape index (κ1) is 13.2. The minimum Gasteiger partial charge on any atom is -0.327 e. The highest BCUT2D eigenvalue weighted by atomic mass is 32.2. The smallest absolute Gasteiger partial charge is 0.156 e. The highest BCUT2D eigenvalue weighted by molar-refractivity contribution is 7.90. The van der Waals surface area contributed by atoms with E-state index in [9.17, 15) is 8.42 Å². The second kappa shape index (κ2) is 5.45. The summed E-state index contributed by atoms with van der Waals surface area (Å²) in [5.41, 5.74) is 6.37. The Balaban J connectivity index is 2.65. The summed E-state index contributed by atoms with van der Waals surface area (Å²) < 4.78 is 25.2. The van der Waals surface area contributed by atoms with Gasteiger partial charge in [0.25, 0.3) is 0 Å². The quantitative estimate of drug-likeness (QED) is 0.794. The highest BCUT2D eigenvalue weighted by Crippen LogP contribution is 2.07. The first-order chi connectivity index (χ1) is 7.46. The van der Waals surface area contributed by atoms with Crippen molar-refractivity contribution in [2.45, 2.75) is 38.6 Å². The first-order valence-corrected chi connectivity index (χ1v) is 7.26. The van der Waals surface area contributed by atoms with Gasteiger partial charge in [0.1, 0.15) is 0 Å². The lowest BCUT2D eigenvalue weighted by Gasteiger charge is -2.08. The molecule has 1 aromatic heterocycles. The Kier molecular flexibility index (Phi) is 4.49. The maximum atomic E-state index is 11.7. The molecule has 0 fully saturated rings. The molecule has 2 N–H and O–H groups in total. The van der Waals surface area contributed by atoms with Crippen LogP contribution in [0.25, 0.3) is 0 Å². The van der Waals surface area contributed by atoms with E-state index in [1.807, 2.05) is 13.8 Å². The molecule has 0 spiro atoms. The zero-order chi connectivity index (χ0) is 12.2. The fourth-order valence-electron chi connectivity index (χ4n) is 1.41. The SMILES string of the molecule is CCC(N)CS(=O)(=O)Cc1cnn(CC)c1. The molecule has 5 nitrogen and oxygen atoms in total. The molecule has 1 aromatic rings. The lowest BCUT2D eigenvalue weighted by Crippen LogP contribution is -2.29. The van der Waals surface area contributed by atoms with Crippen molar-refractivity contribution in [2.75, 3.05) is 5.75 Å². The second-order valence-corrected chi connectivity index (χ2v) is 6.04. The minimum absolute atomic E-state index is 0.0285. The summed E-state index contributed by atoms with van der Waals surface area (Å²) in [6.45, 7) is 4.59. The normalized spacial score (nSPS) is 13.9. The van der Waals surface area contributed by atoms with E-state index in [-0.39, 0.29) is 17.5 Å². The van der Waals surface area contributed by atoms with Gasteiger partial charge in [0, 0.05) is 24.3 Å². The predicted octanol–water partition coefficient (Wildman–Crippen LogP) is 0.555. The van der Waals surface area contributed by atoms with E-state index in [4.69, 9.17) is 5.73 Å². The number of hydrogen-bond donors (Lipinski definition) is 1. The molecule has 6 heteroatoms. The van der Waals surface area contributed by atoms with E-state index >= 15 is 0 Å². The summed E-state index contributed by atoms with van der Waals surface area (Å²) >= 11 is 0. The molecule has 0 amide bonds. The molecule has 0 aromatic carbocycles. The third-order valence-electron chi connectivity index (χ3n) is 2.39. The number of aryl methyl sites for hydroxylation is 1. The molecule has 92 valence electrons. The molecule has 0 aliphatic heterocycles. The average Bonchev–Trinajstić information content (AvgIpc) is 2.63. The molecule has 0 aliphatic carbocycles. The van der Waals surface area contributed by atoms with Crippen LogP contribution in [0.15, 0.2) is 12.4 Å². The number of hydrogen-bond acceptors (Lipinski definition) is 4. The molecule has 1 rings (SSSR count). The monoisotopic (exact) mass is 245 g/mol. The Morgan fingerprint density at radius 3 is 2.69 bits per heavy atom. The summed E-state index contributed by atoms with van der Waals surface area (Å²) in [5, 5.41) is 4.04. The zero-order valence-electron chi connectivity index (χ0n) is 9.76. The Bertz CT molecular complexity index is 425. The van der Waals surface area contributed by atoms with Gasteiger partial charge in [0.15, 0.2) is 9.84 Å². The summed E-state index contributed by atoms with van der Waals surface area (Å²) in [7, 11) is -3.12. The van der Waals surface area contributed by atoms with Crippen molar-refractivity contribution >= 4 is 9.84 Å². The molecule has 0 saturated heterocycles. The minimum atomic E-state index is -3.12. The van der Waals surface area contributed by atoms with Gasteiger partial charge in [0.05, 0.1) is 17.7 Å². The largest absolute Gasteiger partial charge is 0.327 e. The lowest BCUT2D eigenvalue weighted by atomic mass is 10.3. The number of sulfone groups is 1. The van der Waals surface area contributed by atoms with Crippen molar-refractivity contribution in [1.29, 1.82) is 0 Å². The molecule has 0 bridgehead atoms. The van der Waals surface area contributed by atoms with Gasteiger partial charge >= 0.3 is 0 Å². The van der Waals surface area contributed by atoms with Crippen molar-refractivity contribution in [1.82, 2.24) is 9.78 Å². The predicted molar refractivity (Wildman–Crippen MR) is 63.7 cm³/mol. The van der Waals surface area contributed by atoms with Crippen molar-refractivity contribution in [3.8, 4) is 0 Å². The lowest BCUT2D eigenvalue weighted by molar-refractivity contribution is 0.583. The topological polar surface area (TPSA) is 78.0 Å². The highest BCUT2D eigenvalue weighted by Gasteiger charge is 2.16. The number of aromatic nitrogens is 2. The van der Waals surface area contributed by atoms with Crippen molar-refractivity contribution in [3.63, 3.8) is 0 Å². The van der Waals surface area contributed by atoms with Gasteiger partial charge in [-0.15, -0.1) is 0 Å². The fraction of sp³-hybridized carbons (Fsp3) is 0.700. The molecule has 1 atom stereocenters. The summed E-state index contributed by atoms with van der Waals surface area (Å²) in [4.78, 5) is 0. The van der Waals surface area contributed by atoms with Crippen LogP contribution < -0.4 is 5.73 Å². The Hall–Kier alpha value is -0.880. The molecular formula is C10H19N3O2S. The van der Waals surface area contributed by atoms with Crippen molar-refractivity contribution in [3.05, 3.63) is 18.0 Å².